The zero-order chi connectivity index (χ0) is 13.7. The number of hydrogen-bond acceptors (Lipinski definition) is 3. The minimum atomic E-state index is 0.385. The second-order valence-electron chi connectivity index (χ2n) is 5.31. The Kier molecular flexibility index (Phi) is 5.73. The maximum absolute atomic E-state index is 4.76. The Labute approximate surface area is 111 Å². The van der Waals surface area contributed by atoms with Gasteiger partial charge in [0, 0.05) is 29.3 Å². The van der Waals surface area contributed by atoms with Crippen molar-refractivity contribution >= 4 is 0 Å². The largest absolute Gasteiger partial charge is 0.314 e. The quantitative estimate of drug-likeness (QED) is 0.839. The van der Waals surface area contributed by atoms with Crippen LogP contribution in [0, 0.1) is 6.92 Å². The van der Waals surface area contributed by atoms with Gasteiger partial charge in [-0.1, -0.05) is 27.7 Å². The molecule has 1 aromatic heterocycles. The molecule has 0 aliphatic rings. The number of hydrogen-bond donors (Lipinski definition) is 1. The van der Waals surface area contributed by atoms with Crippen LogP contribution in [-0.2, 0) is 0 Å². The van der Waals surface area contributed by atoms with E-state index < -0.39 is 0 Å². The van der Waals surface area contributed by atoms with Crippen molar-refractivity contribution in [1.82, 2.24) is 15.3 Å². The van der Waals surface area contributed by atoms with E-state index in [1.54, 1.807) is 0 Å². The van der Waals surface area contributed by atoms with Crippen LogP contribution in [0.2, 0.25) is 0 Å². The highest BCUT2D eigenvalue weighted by molar-refractivity contribution is 5.17. The molecule has 1 aromatic rings. The van der Waals surface area contributed by atoms with E-state index in [-0.39, 0.29) is 0 Å². The first-order valence-electron chi connectivity index (χ1n) is 7.08. The van der Waals surface area contributed by atoms with Crippen molar-refractivity contribution in [2.24, 2.45) is 0 Å². The molecule has 0 saturated heterocycles. The van der Waals surface area contributed by atoms with Crippen LogP contribution in [0.3, 0.4) is 0 Å². The Morgan fingerprint density at radius 2 is 1.83 bits per heavy atom. The Morgan fingerprint density at radius 1 is 1.17 bits per heavy atom. The molecular formula is C15H27N3. The third kappa shape index (κ3) is 3.77. The molecule has 2 unspecified atom stereocenters. The summed E-state index contributed by atoms with van der Waals surface area (Å²) < 4.78 is 0. The molecule has 0 aliphatic carbocycles. The van der Waals surface area contributed by atoms with Gasteiger partial charge in [0.25, 0.3) is 0 Å². The molecule has 2 atom stereocenters. The molecule has 3 heteroatoms. The second-order valence-corrected chi connectivity index (χ2v) is 5.31. The number of likely N-dealkylation sites (N-methyl/N-ethyl adjacent to an activating group) is 1. The van der Waals surface area contributed by atoms with Gasteiger partial charge >= 0.3 is 0 Å². The van der Waals surface area contributed by atoms with Crippen molar-refractivity contribution in [3.05, 3.63) is 23.3 Å². The zero-order valence-corrected chi connectivity index (χ0v) is 12.6. The van der Waals surface area contributed by atoms with Crippen molar-refractivity contribution in [2.45, 2.75) is 65.8 Å². The number of nitrogens with one attached hydrogen (secondary N) is 1. The lowest BCUT2D eigenvalue weighted by atomic mass is 9.93. The highest BCUT2D eigenvalue weighted by atomic mass is 14.9. The smallest absolute Gasteiger partial charge is 0.131 e. The van der Waals surface area contributed by atoms with E-state index in [4.69, 9.17) is 4.98 Å². The van der Waals surface area contributed by atoms with Crippen LogP contribution in [0.4, 0.5) is 0 Å². The standard InChI is InChI=1S/C15H27N3/c1-7-13(12(6)16-8-2)14-9-11(5)17-15(18-14)10(3)4/h9-10,12-13,16H,7-8H2,1-6H3. The van der Waals surface area contributed by atoms with Crippen LogP contribution < -0.4 is 5.32 Å². The van der Waals surface area contributed by atoms with Crippen molar-refractivity contribution in [2.75, 3.05) is 6.54 Å². The summed E-state index contributed by atoms with van der Waals surface area (Å²) in [5.74, 6) is 1.81. The fourth-order valence-corrected chi connectivity index (χ4v) is 2.35. The summed E-state index contributed by atoms with van der Waals surface area (Å²) in [5, 5.41) is 3.50. The van der Waals surface area contributed by atoms with E-state index in [1.165, 1.54) is 5.69 Å². The van der Waals surface area contributed by atoms with Crippen molar-refractivity contribution in [1.29, 1.82) is 0 Å². The Hall–Kier alpha value is -0.960. The lowest BCUT2D eigenvalue weighted by molar-refractivity contribution is 0.450. The lowest BCUT2D eigenvalue weighted by Crippen LogP contribution is -2.32. The molecule has 0 fully saturated rings. The molecule has 1 N–H and O–H groups in total. The van der Waals surface area contributed by atoms with E-state index in [9.17, 15) is 0 Å². The first-order chi connectivity index (χ1) is 8.49. The molecule has 0 amide bonds. The summed E-state index contributed by atoms with van der Waals surface area (Å²) in [6.07, 6.45) is 1.10. The molecule has 0 radical (unpaired) electrons. The van der Waals surface area contributed by atoms with Crippen LogP contribution in [0.5, 0.6) is 0 Å². The van der Waals surface area contributed by atoms with Gasteiger partial charge in [0.15, 0.2) is 0 Å². The first kappa shape index (κ1) is 15.1. The Bertz CT molecular complexity index is 374. The van der Waals surface area contributed by atoms with Gasteiger partial charge in [-0.15, -0.1) is 0 Å². The maximum Gasteiger partial charge on any atom is 0.131 e. The molecule has 102 valence electrons. The highest BCUT2D eigenvalue weighted by Crippen LogP contribution is 2.23. The summed E-state index contributed by atoms with van der Waals surface area (Å²) in [6, 6.07) is 2.59. The van der Waals surface area contributed by atoms with Crippen molar-refractivity contribution in [3.63, 3.8) is 0 Å². The van der Waals surface area contributed by atoms with Crippen molar-refractivity contribution < 1.29 is 0 Å². The van der Waals surface area contributed by atoms with Gasteiger partial charge in [-0.2, -0.15) is 0 Å². The summed E-state index contributed by atoms with van der Waals surface area (Å²) in [5.41, 5.74) is 2.26. The van der Waals surface area contributed by atoms with Gasteiger partial charge in [-0.3, -0.25) is 0 Å². The third-order valence-corrected chi connectivity index (χ3v) is 3.36. The average Bonchev–Trinajstić information content (AvgIpc) is 2.29. The molecule has 0 aliphatic heterocycles. The summed E-state index contributed by atoms with van der Waals surface area (Å²) in [7, 11) is 0. The monoisotopic (exact) mass is 249 g/mol. The highest BCUT2D eigenvalue weighted by Gasteiger charge is 2.19. The maximum atomic E-state index is 4.76. The van der Waals surface area contributed by atoms with Crippen LogP contribution >= 0.6 is 0 Å². The molecule has 0 saturated carbocycles. The third-order valence-electron chi connectivity index (χ3n) is 3.36. The molecule has 0 aromatic carbocycles. The van der Waals surface area contributed by atoms with Crippen LogP contribution in [0.25, 0.3) is 0 Å². The topological polar surface area (TPSA) is 37.8 Å². The van der Waals surface area contributed by atoms with E-state index in [2.05, 4.69) is 57.9 Å². The fourth-order valence-electron chi connectivity index (χ4n) is 2.35. The fraction of sp³-hybridized carbons (Fsp3) is 0.733. The minimum Gasteiger partial charge on any atom is -0.314 e. The molecule has 3 nitrogen and oxygen atoms in total. The predicted octanol–water partition coefficient (Wildman–Crippen LogP) is 3.40. The van der Waals surface area contributed by atoms with Gasteiger partial charge in [-0.05, 0) is 32.9 Å². The molecular weight excluding hydrogens is 222 g/mol. The summed E-state index contributed by atoms with van der Waals surface area (Å²) >= 11 is 0. The Morgan fingerprint density at radius 3 is 2.33 bits per heavy atom. The van der Waals surface area contributed by atoms with Crippen LogP contribution in [-0.4, -0.2) is 22.6 Å². The minimum absolute atomic E-state index is 0.385. The molecule has 0 bridgehead atoms. The normalized spacial score (nSPS) is 14.8. The van der Waals surface area contributed by atoms with E-state index in [0.717, 1.165) is 24.5 Å². The van der Waals surface area contributed by atoms with Crippen LogP contribution in [0.15, 0.2) is 6.07 Å². The second kappa shape index (κ2) is 6.83. The van der Waals surface area contributed by atoms with Crippen LogP contribution in [0.1, 0.15) is 70.1 Å². The SMILES string of the molecule is CCNC(C)C(CC)c1cc(C)nc(C(C)C)n1. The molecule has 1 heterocycles. The van der Waals surface area contributed by atoms with Gasteiger partial charge in [0.1, 0.15) is 5.82 Å². The van der Waals surface area contributed by atoms with Crippen molar-refractivity contribution in [3.8, 4) is 0 Å². The lowest BCUT2D eigenvalue weighted by Gasteiger charge is -2.24. The molecule has 18 heavy (non-hydrogen) atoms. The van der Waals surface area contributed by atoms with Gasteiger partial charge in [0.2, 0.25) is 0 Å². The Balaban J connectivity index is 3.05. The average molecular weight is 249 g/mol. The van der Waals surface area contributed by atoms with E-state index in [1.807, 2.05) is 0 Å². The number of nitrogens with zero attached hydrogens (tertiary/aromatic N) is 2. The number of aryl methyl sites for hydroxylation is 1. The van der Waals surface area contributed by atoms with E-state index >= 15 is 0 Å². The van der Waals surface area contributed by atoms with Gasteiger partial charge in [-0.25, -0.2) is 9.97 Å². The zero-order valence-electron chi connectivity index (χ0n) is 12.6. The number of aromatic nitrogens is 2. The summed E-state index contributed by atoms with van der Waals surface area (Å²) in [6.45, 7) is 14.0. The van der Waals surface area contributed by atoms with Gasteiger partial charge < -0.3 is 5.32 Å². The predicted molar refractivity (Wildman–Crippen MR) is 77.0 cm³/mol. The molecule has 1 rings (SSSR count). The summed E-state index contributed by atoms with van der Waals surface area (Å²) in [4.78, 5) is 9.28. The molecule has 0 spiro atoms. The first-order valence-corrected chi connectivity index (χ1v) is 7.08. The van der Waals surface area contributed by atoms with E-state index in [0.29, 0.717) is 17.9 Å². The number of rotatable bonds is 6. The van der Waals surface area contributed by atoms with Gasteiger partial charge in [0.05, 0.1) is 0 Å².